The molecule has 0 aromatic carbocycles. The van der Waals surface area contributed by atoms with Gasteiger partial charge in [-0.15, -0.1) is 0 Å². The molecule has 2 rings (SSSR count). The highest BCUT2D eigenvalue weighted by Crippen LogP contribution is 2.34. The van der Waals surface area contributed by atoms with Gasteiger partial charge in [0, 0.05) is 32.2 Å². The van der Waals surface area contributed by atoms with Gasteiger partial charge in [0.25, 0.3) is 0 Å². The molecule has 2 heterocycles. The zero-order chi connectivity index (χ0) is 12.1. The average Bonchev–Trinajstić information content (AvgIpc) is 2.80. The zero-order valence-corrected chi connectivity index (χ0v) is 10.9. The summed E-state index contributed by atoms with van der Waals surface area (Å²) in [6.45, 7) is 7.19. The monoisotopic (exact) mass is 237 g/mol. The first-order valence-corrected chi connectivity index (χ1v) is 6.54. The fourth-order valence-electron chi connectivity index (χ4n) is 2.42. The first-order valence-electron chi connectivity index (χ1n) is 6.54. The first-order chi connectivity index (χ1) is 8.20. The molecule has 0 amide bonds. The Morgan fingerprint density at radius 1 is 1.35 bits per heavy atom. The van der Waals surface area contributed by atoms with Crippen LogP contribution in [-0.2, 0) is 11.2 Å². The van der Waals surface area contributed by atoms with Gasteiger partial charge in [0.1, 0.15) is 5.76 Å². The fourth-order valence-corrected chi connectivity index (χ4v) is 2.42. The van der Waals surface area contributed by atoms with Crippen LogP contribution in [0.5, 0.6) is 0 Å². The van der Waals surface area contributed by atoms with Gasteiger partial charge in [-0.25, -0.2) is 0 Å². The highest BCUT2D eigenvalue weighted by Gasteiger charge is 2.33. The Hall–Kier alpha value is -0.800. The van der Waals surface area contributed by atoms with Crippen molar-refractivity contribution >= 4 is 0 Å². The van der Waals surface area contributed by atoms with E-state index >= 15 is 0 Å². The van der Waals surface area contributed by atoms with Gasteiger partial charge in [0.15, 0.2) is 0 Å². The number of furan rings is 1. The fraction of sp³-hybridized carbons (Fsp3) is 0.714. The van der Waals surface area contributed by atoms with E-state index in [4.69, 9.17) is 9.15 Å². The lowest BCUT2D eigenvalue weighted by Crippen LogP contribution is -2.42. The van der Waals surface area contributed by atoms with Crippen molar-refractivity contribution < 1.29 is 9.15 Å². The van der Waals surface area contributed by atoms with Crippen molar-refractivity contribution in [1.29, 1.82) is 0 Å². The van der Waals surface area contributed by atoms with Gasteiger partial charge in [-0.3, -0.25) is 0 Å². The molecule has 17 heavy (non-hydrogen) atoms. The van der Waals surface area contributed by atoms with Gasteiger partial charge in [-0.2, -0.15) is 0 Å². The van der Waals surface area contributed by atoms with Gasteiger partial charge in [-0.1, -0.05) is 13.8 Å². The summed E-state index contributed by atoms with van der Waals surface area (Å²) in [6, 6.07) is 4.58. The average molecular weight is 237 g/mol. The topological polar surface area (TPSA) is 34.4 Å². The lowest BCUT2D eigenvalue weighted by molar-refractivity contribution is 0.0117. The minimum atomic E-state index is 0.306. The van der Waals surface area contributed by atoms with Crippen LogP contribution in [0.1, 0.15) is 32.4 Å². The summed E-state index contributed by atoms with van der Waals surface area (Å²) >= 11 is 0. The van der Waals surface area contributed by atoms with Crippen LogP contribution >= 0.6 is 0 Å². The van der Waals surface area contributed by atoms with Crippen molar-refractivity contribution in [3.05, 3.63) is 24.2 Å². The Morgan fingerprint density at radius 2 is 2.12 bits per heavy atom. The molecule has 96 valence electrons. The first kappa shape index (κ1) is 12.7. The van der Waals surface area contributed by atoms with E-state index < -0.39 is 0 Å². The molecule has 3 heteroatoms. The minimum absolute atomic E-state index is 0.306. The van der Waals surface area contributed by atoms with Crippen molar-refractivity contribution in [3.63, 3.8) is 0 Å². The maximum absolute atomic E-state index is 5.50. The Labute approximate surface area is 104 Å². The molecule has 3 nitrogen and oxygen atoms in total. The van der Waals surface area contributed by atoms with Crippen LogP contribution in [0.25, 0.3) is 0 Å². The Kier molecular flexibility index (Phi) is 4.24. The molecule has 0 spiro atoms. The second-order valence-corrected chi connectivity index (χ2v) is 5.40. The molecule has 1 aliphatic rings. The van der Waals surface area contributed by atoms with Gasteiger partial charge < -0.3 is 14.5 Å². The van der Waals surface area contributed by atoms with Gasteiger partial charge in [-0.05, 0) is 30.4 Å². The smallest absolute Gasteiger partial charge is 0.104 e. The summed E-state index contributed by atoms with van der Waals surface area (Å²) in [4.78, 5) is 0. The molecule has 0 atom stereocenters. The highest BCUT2D eigenvalue weighted by atomic mass is 16.5. The molecule has 0 bridgehead atoms. The Balaban J connectivity index is 2.00. The van der Waals surface area contributed by atoms with E-state index in [0.29, 0.717) is 11.5 Å². The van der Waals surface area contributed by atoms with Gasteiger partial charge in [0.05, 0.1) is 6.26 Å². The second-order valence-electron chi connectivity index (χ2n) is 5.40. The molecule has 1 aromatic heterocycles. The normalized spacial score (nSPS) is 19.7. The maximum Gasteiger partial charge on any atom is 0.104 e. The molecule has 1 saturated heterocycles. The summed E-state index contributed by atoms with van der Waals surface area (Å²) in [6.07, 6.45) is 5.02. The summed E-state index contributed by atoms with van der Waals surface area (Å²) in [5.74, 6) is 1.09. The van der Waals surface area contributed by atoms with Crippen LogP contribution in [0, 0.1) is 5.41 Å². The molecule has 1 N–H and O–H groups in total. The SMILES string of the molecule is CC(C)NCC1(Cc2ccco2)CCOCC1. The van der Waals surface area contributed by atoms with E-state index in [9.17, 15) is 0 Å². The van der Waals surface area contributed by atoms with E-state index in [-0.39, 0.29) is 0 Å². The second kappa shape index (κ2) is 5.69. The molecule has 1 aliphatic heterocycles. The largest absolute Gasteiger partial charge is 0.469 e. The van der Waals surface area contributed by atoms with Crippen molar-refractivity contribution in [2.75, 3.05) is 19.8 Å². The Bertz CT molecular complexity index is 313. The van der Waals surface area contributed by atoms with Crippen LogP contribution in [-0.4, -0.2) is 25.8 Å². The number of nitrogens with one attached hydrogen (secondary N) is 1. The summed E-state index contributed by atoms with van der Waals surface area (Å²) in [5, 5.41) is 3.57. The molecule has 1 fully saturated rings. The van der Waals surface area contributed by atoms with E-state index in [0.717, 1.165) is 44.8 Å². The summed E-state index contributed by atoms with van der Waals surface area (Å²) in [7, 11) is 0. The van der Waals surface area contributed by atoms with Crippen LogP contribution in [0.15, 0.2) is 22.8 Å². The molecular formula is C14H23NO2. The number of rotatable bonds is 5. The van der Waals surface area contributed by atoms with Crippen molar-refractivity contribution in [2.24, 2.45) is 5.41 Å². The lowest BCUT2D eigenvalue weighted by Gasteiger charge is -2.37. The standard InChI is InChI=1S/C14H23NO2/c1-12(2)15-11-14(5-8-16-9-6-14)10-13-4-3-7-17-13/h3-4,7,12,15H,5-6,8-11H2,1-2H3. The molecule has 0 radical (unpaired) electrons. The molecular weight excluding hydrogens is 214 g/mol. The number of hydrogen-bond donors (Lipinski definition) is 1. The molecule has 1 aromatic rings. The predicted octanol–water partition coefficient (Wildman–Crippen LogP) is 2.62. The van der Waals surface area contributed by atoms with E-state index in [1.807, 2.05) is 6.07 Å². The summed E-state index contributed by atoms with van der Waals surface area (Å²) < 4.78 is 11.0. The van der Waals surface area contributed by atoms with Crippen LogP contribution in [0.3, 0.4) is 0 Å². The quantitative estimate of drug-likeness (QED) is 0.855. The number of ether oxygens (including phenoxy) is 1. The van der Waals surface area contributed by atoms with E-state index in [2.05, 4.69) is 25.2 Å². The van der Waals surface area contributed by atoms with Crippen molar-refractivity contribution in [1.82, 2.24) is 5.32 Å². The maximum atomic E-state index is 5.50. The Morgan fingerprint density at radius 3 is 2.71 bits per heavy atom. The third-order valence-electron chi connectivity index (χ3n) is 3.57. The zero-order valence-electron chi connectivity index (χ0n) is 10.9. The molecule has 0 unspecified atom stereocenters. The highest BCUT2D eigenvalue weighted by molar-refractivity contribution is 5.03. The van der Waals surface area contributed by atoms with Gasteiger partial charge >= 0.3 is 0 Å². The minimum Gasteiger partial charge on any atom is -0.469 e. The summed E-state index contributed by atoms with van der Waals surface area (Å²) in [5.41, 5.74) is 0.306. The van der Waals surface area contributed by atoms with E-state index in [1.54, 1.807) is 6.26 Å². The van der Waals surface area contributed by atoms with Crippen molar-refractivity contribution in [3.8, 4) is 0 Å². The van der Waals surface area contributed by atoms with Crippen LogP contribution in [0.4, 0.5) is 0 Å². The van der Waals surface area contributed by atoms with Crippen LogP contribution in [0.2, 0.25) is 0 Å². The predicted molar refractivity (Wildman–Crippen MR) is 68.0 cm³/mol. The van der Waals surface area contributed by atoms with E-state index in [1.165, 1.54) is 0 Å². The van der Waals surface area contributed by atoms with Gasteiger partial charge in [0.2, 0.25) is 0 Å². The third-order valence-corrected chi connectivity index (χ3v) is 3.57. The lowest BCUT2D eigenvalue weighted by atomic mass is 9.76. The van der Waals surface area contributed by atoms with Crippen LogP contribution < -0.4 is 5.32 Å². The van der Waals surface area contributed by atoms with Crippen molar-refractivity contribution in [2.45, 2.75) is 39.2 Å². The molecule has 0 aliphatic carbocycles. The molecule has 0 saturated carbocycles. The third kappa shape index (κ3) is 3.58. The number of hydrogen-bond acceptors (Lipinski definition) is 3.